The Balaban J connectivity index is 1.47. The number of halogens is 3. The van der Waals surface area contributed by atoms with Gasteiger partial charge in [0.2, 0.25) is 0 Å². The fourth-order valence-corrected chi connectivity index (χ4v) is 5.63. The predicted octanol–water partition coefficient (Wildman–Crippen LogP) is 3.13. The molecule has 0 amide bonds. The first kappa shape index (κ1) is 24.6. The number of aromatic amines is 1. The zero-order valence-electron chi connectivity index (χ0n) is 17.2. The van der Waals surface area contributed by atoms with Crippen LogP contribution >= 0.6 is 31.0 Å². The third-order valence-corrected chi connectivity index (χ3v) is 7.27. The van der Waals surface area contributed by atoms with E-state index in [0.717, 1.165) is 23.8 Å². The number of alkyl halides is 1. The van der Waals surface area contributed by atoms with Gasteiger partial charge in [-0.05, 0) is 30.7 Å². The van der Waals surface area contributed by atoms with Crippen molar-refractivity contribution in [3.05, 3.63) is 66.9 Å². The molecule has 0 spiro atoms. The van der Waals surface area contributed by atoms with E-state index in [9.17, 15) is 19.3 Å². The van der Waals surface area contributed by atoms with Gasteiger partial charge in [0.25, 0.3) is 5.56 Å². The van der Waals surface area contributed by atoms with Crippen molar-refractivity contribution in [3.8, 4) is 0 Å². The van der Waals surface area contributed by atoms with Crippen LogP contribution in [0.25, 0.3) is 0 Å². The van der Waals surface area contributed by atoms with Crippen LogP contribution < -0.4 is 11.2 Å². The molecular formula is C19H20Cl2FN2O8P. The minimum absolute atomic E-state index is 0.0381. The quantitative estimate of drug-likeness (QED) is 0.570. The first-order valence-electron chi connectivity index (χ1n) is 9.86. The summed E-state index contributed by atoms with van der Waals surface area (Å²) in [5.74, 6) is 0. The first-order valence-corrected chi connectivity index (χ1v) is 12.1. The number of ether oxygens (including phenoxy) is 1. The molecule has 33 heavy (non-hydrogen) atoms. The number of aromatic nitrogens is 2. The fourth-order valence-electron chi connectivity index (χ4n) is 3.69. The smallest absolute Gasteiger partial charge is 0.387 e. The number of nitrogens with zero attached hydrogens (tertiary/aromatic N) is 1. The van der Waals surface area contributed by atoms with E-state index in [-0.39, 0.29) is 6.61 Å². The predicted molar refractivity (Wildman–Crippen MR) is 115 cm³/mol. The maximum atomic E-state index is 15.3. The van der Waals surface area contributed by atoms with Crippen molar-refractivity contribution in [1.29, 1.82) is 0 Å². The van der Waals surface area contributed by atoms with Crippen molar-refractivity contribution in [2.24, 2.45) is 0 Å². The SMILES string of the molecule is C[C@@]1(F)[C@H](O)[C@@H](CO[P@]2(=O)OCC[C@H](c3cc(Cl)cc(Cl)c3)O2)O[C@H]1n1ccc(=O)[nH]c1=O. The molecule has 2 N–H and O–H groups in total. The third kappa shape index (κ3) is 5.11. The van der Waals surface area contributed by atoms with Gasteiger partial charge in [-0.1, -0.05) is 23.2 Å². The molecule has 2 fully saturated rings. The molecule has 2 aliphatic rings. The Morgan fingerprint density at radius 2 is 2.03 bits per heavy atom. The largest absolute Gasteiger partial charge is 0.475 e. The molecule has 10 nitrogen and oxygen atoms in total. The Bertz CT molecular complexity index is 1180. The number of aliphatic hydroxyl groups excluding tert-OH is 1. The zero-order valence-corrected chi connectivity index (χ0v) is 19.6. The average molecular weight is 525 g/mol. The Labute approximate surface area is 196 Å². The van der Waals surface area contributed by atoms with Crippen LogP contribution in [0.15, 0.2) is 40.1 Å². The van der Waals surface area contributed by atoms with Crippen molar-refractivity contribution >= 4 is 31.0 Å². The van der Waals surface area contributed by atoms with Crippen LogP contribution in [-0.4, -0.2) is 45.7 Å². The molecule has 180 valence electrons. The number of hydrogen-bond acceptors (Lipinski definition) is 8. The van der Waals surface area contributed by atoms with Gasteiger partial charge in [-0.15, -0.1) is 0 Å². The summed E-state index contributed by atoms with van der Waals surface area (Å²) in [7, 11) is -4.11. The number of phosphoric ester groups is 1. The van der Waals surface area contributed by atoms with E-state index < -0.39 is 55.9 Å². The molecule has 14 heteroatoms. The summed E-state index contributed by atoms with van der Waals surface area (Å²) in [6.07, 6.45) is -3.92. The number of H-pyrrole nitrogens is 1. The van der Waals surface area contributed by atoms with Gasteiger partial charge in [-0.3, -0.25) is 27.9 Å². The Kier molecular flexibility index (Phi) is 6.88. The van der Waals surface area contributed by atoms with Gasteiger partial charge in [0, 0.05) is 28.7 Å². The monoisotopic (exact) mass is 524 g/mol. The molecule has 3 heterocycles. The second-order valence-corrected chi connectivity index (χ2v) is 10.3. The van der Waals surface area contributed by atoms with Crippen LogP contribution in [0.1, 0.15) is 31.2 Å². The molecule has 2 aliphatic heterocycles. The van der Waals surface area contributed by atoms with Crippen LogP contribution in [0, 0.1) is 0 Å². The highest BCUT2D eigenvalue weighted by molar-refractivity contribution is 7.48. The number of aliphatic hydroxyl groups is 1. The molecule has 0 saturated carbocycles. The molecule has 1 aromatic carbocycles. The topological polar surface area (TPSA) is 129 Å². The van der Waals surface area contributed by atoms with Gasteiger partial charge >= 0.3 is 13.5 Å². The molecule has 0 aliphatic carbocycles. The lowest BCUT2D eigenvalue weighted by Crippen LogP contribution is -2.43. The highest BCUT2D eigenvalue weighted by atomic mass is 35.5. The molecule has 6 atom stereocenters. The Morgan fingerprint density at radius 1 is 1.33 bits per heavy atom. The van der Waals surface area contributed by atoms with Crippen LogP contribution in [0.5, 0.6) is 0 Å². The van der Waals surface area contributed by atoms with E-state index in [1.54, 1.807) is 18.2 Å². The van der Waals surface area contributed by atoms with Crippen molar-refractivity contribution in [3.63, 3.8) is 0 Å². The standard InChI is InChI=1S/C19H20Cl2FN2O8P/c1-19(22)16(26)14(31-17(19)24-4-2-15(25)23-18(24)27)9-30-33(28)29-5-3-13(32-33)10-6-11(20)8-12(21)7-10/h2,4,6-8,13-14,16-17,26H,3,5,9H2,1H3,(H,23,25,27)/t13-,14-,16-,17-,19-,33+/m1/s1. The first-order chi connectivity index (χ1) is 15.5. The maximum Gasteiger partial charge on any atom is 0.475 e. The van der Waals surface area contributed by atoms with Gasteiger partial charge in [-0.25, -0.2) is 13.8 Å². The lowest BCUT2D eigenvalue weighted by Gasteiger charge is -2.30. The molecule has 0 bridgehead atoms. The number of benzene rings is 1. The molecule has 2 saturated heterocycles. The second-order valence-electron chi connectivity index (χ2n) is 7.80. The minimum Gasteiger partial charge on any atom is -0.387 e. The number of rotatable bonds is 5. The normalized spacial score (nSPS) is 34.5. The lowest BCUT2D eigenvalue weighted by atomic mass is 9.98. The van der Waals surface area contributed by atoms with E-state index in [2.05, 4.69) is 0 Å². The number of nitrogens with one attached hydrogen (secondary N) is 1. The van der Waals surface area contributed by atoms with E-state index in [4.69, 9.17) is 41.5 Å². The third-order valence-electron chi connectivity index (χ3n) is 5.36. The van der Waals surface area contributed by atoms with E-state index >= 15 is 4.39 Å². The van der Waals surface area contributed by atoms with Crippen molar-refractivity contribution in [2.45, 2.75) is 43.6 Å². The van der Waals surface area contributed by atoms with Crippen molar-refractivity contribution in [2.75, 3.05) is 13.2 Å². The minimum atomic E-state index is -4.11. The van der Waals surface area contributed by atoms with Crippen LogP contribution in [0.2, 0.25) is 10.0 Å². The summed E-state index contributed by atoms with van der Waals surface area (Å²) in [5, 5.41) is 11.2. The summed E-state index contributed by atoms with van der Waals surface area (Å²) in [5.41, 5.74) is -3.44. The molecular weight excluding hydrogens is 505 g/mol. The van der Waals surface area contributed by atoms with E-state index in [1.807, 2.05) is 4.98 Å². The van der Waals surface area contributed by atoms with Crippen LogP contribution in [0.4, 0.5) is 4.39 Å². The van der Waals surface area contributed by atoms with Crippen LogP contribution in [-0.2, 0) is 22.9 Å². The summed E-state index contributed by atoms with van der Waals surface area (Å²) in [6.45, 7) is 0.514. The molecule has 0 radical (unpaired) electrons. The summed E-state index contributed by atoms with van der Waals surface area (Å²) in [6, 6.07) is 5.78. The van der Waals surface area contributed by atoms with Gasteiger partial charge < -0.3 is 9.84 Å². The van der Waals surface area contributed by atoms with E-state index in [0.29, 0.717) is 22.0 Å². The van der Waals surface area contributed by atoms with Crippen LogP contribution in [0.3, 0.4) is 0 Å². The van der Waals surface area contributed by atoms with Gasteiger partial charge in [-0.2, -0.15) is 0 Å². The Morgan fingerprint density at radius 3 is 2.70 bits per heavy atom. The lowest BCUT2D eigenvalue weighted by molar-refractivity contribution is -0.0654. The van der Waals surface area contributed by atoms with E-state index in [1.165, 1.54) is 0 Å². The highest BCUT2D eigenvalue weighted by Crippen LogP contribution is 2.57. The van der Waals surface area contributed by atoms with Gasteiger partial charge in [0.1, 0.15) is 12.2 Å². The zero-order chi connectivity index (χ0) is 24.0. The summed E-state index contributed by atoms with van der Waals surface area (Å²) < 4.78 is 50.6. The summed E-state index contributed by atoms with van der Waals surface area (Å²) in [4.78, 5) is 25.3. The average Bonchev–Trinajstić information content (AvgIpc) is 2.95. The van der Waals surface area contributed by atoms with Crippen molar-refractivity contribution < 1.29 is 32.4 Å². The van der Waals surface area contributed by atoms with Gasteiger partial charge in [0.15, 0.2) is 11.9 Å². The molecule has 4 rings (SSSR count). The molecule has 1 aromatic heterocycles. The number of phosphoric acid groups is 1. The fraction of sp³-hybridized carbons (Fsp3) is 0.474. The Hall–Kier alpha value is -1.56. The van der Waals surface area contributed by atoms with Gasteiger partial charge in [0.05, 0.1) is 19.3 Å². The summed E-state index contributed by atoms with van der Waals surface area (Å²) >= 11 is 12.0. The van der Waals surface area contributed by atoms with Crippen molar-refractivity contribution in [1.82, 2.24) is 9.55 Å². The number of hydrogen-bond donors (Lipinski definition) is 2. The molecule has 2 aromatic rings. The second kappa shape index (κ2) is 9.24. The molecule has 0 unspecified atom stereocenters. The highest BCUT2D eigenvalue weighted by Gasteiger charge is 2.56. The maximum absolute atomic E-state index is 15.3.